The summed E-state index contributed by atoms with van der Waals surface area (Å²) >= 11 is 7.47. The first-order valence-corrected chi connectivity index (χ1v) is 11.1. The van der Waals surface area contributed by atoms with Gasteiger partial charge in [-0.25, -0.2) is 9.67 Å². The highest BCUT2D eigenvalue weighted by atomic mass is 32.1. The van der Waals surface area contributed by atoms with Crippen molar-refractivity contribution in [2.75, 3.05) is 14.2 Å². The summed E-state index contributed by atoms with van der Waals surface area (Å²) in [6.07, 6.45) is 0. The topological polar surface area (TPSA) is 48.1 Å². The molecule has 2 aromatic heterocycles. The number of thiazole rings is 1. The monoisotopic (exact) mass is 439 g/mol. The highest BCUT2D eigenvalue weighted by Crippen LogP contribution is 2.29. The molecule has 0 aliphatic carbocycles. The van der Waals surface area contributed by atoms with Gasteiger partial charge in [-0.05, 0) is 69.5 Å². The van der Waals surface area contributed by atoms with Crippen LogP contribution in [-0.2, 0) is 13.2 Å². The lowest BCUT2D eigenvalue weighted by atomic mass is 10.2. The van der Waals surface area contributed by atoms with E-state index < -0.39 is 0 Å². The summed E-state index contributed by atoms with van der Waals surface area (Å²) in [6.45, 7) is 5.61. The highest BCUT2D eigenvalue weighted by molar-refractivity contribution is 7.71. The molecule has 0 amide bonds. The van der Waals surface area contributed by atoms with Crippen molar-refractivity contribution in [3.8, 4) is 17.1 Å². The Labute approximate surface area is 185 Å². The van der Waals surface area contributed by atoms with Gasteiger partial charge in [-0.15, -0.1) is 11.3 Å². The number of rotatable bonds is 7. The van der Waals surface area contributed by atoms with Crippen LogP contribution in [-0.4, -0.2) is 38.4 Å². The van der Waals surface area contributed by atoms with Crippen molar-refractivity contribution in [2.45, 2.75) is 33.1 Å². The molecule has 2 aromatic carbocycles. The van der Waals surface area contributed by atoms with Crippen molar-refractivity contribution >= 4 is 33.8 Å². The van der Waals surface area contributed by atoms with Gasteiger partial charge in [-0.1, -0.05) is 12.1 Å². The third kappa shape index (κ3) is 3.90. The number of aromatic nitrogens is 4. The average molecular weight is 440 g/mol. The molecule has 2 heterocycles. The van der Waals surface area contributed by atoms with Gasteiger partial charge in [0.05, 0.1) is 30.0 Å². The third-order valence-corrected chi connectivity index (χ3v) is 6.91. The SMILES string of the molecule is CCn1c(-c2ccc(OC)cc2)nn(CN(C)[C@@H](C)c2nc3ccccc3s2)c1=S. The summed E-state index contributed by atoms with van der Waals surface area (Å²) in [4.78, 5) is 7.03. The second kappa shape index (κ2) is 8.67. The molecule has 8 heteroatoms. The number of hydrogen-bond acceptors (Lipinski definition) is 6. The molecular formula is C22H25N5OS2. The van der Waals surface area contributed by atoms with Gasteiger partial charge in [-0.3, -0.25) is 4.90 Å². The van der Waals surface area contributed by atoms with E-state index in [4.69, 9.17) is 27.0 Å². The maximum absolute atomic E-state index is 5.73. The first-order valence-electron chi connectivity index (χ1n) is 9.89. The fraction of sp³-hybridized carbons (Fsp3) is 0.318. The van der Waals surface area contributed by atoms with Crippen LogP contribution >= 0.6 is 23.6 Å². The van der Waals surface area contributed by atoms with E-state index in [1.165, 1.54) is 4.70 Å². The van der Waals surface area contributed by atoms with E-state index in [1.807, 2.05) is 35.0 Å². The van der Waals surface area contributed by atoms with E-state index in [9.17, 15) is 0 Å². The minimum absolute atomic E-state index is 0.153. The first kappa shape index (κ1) is 20.7. The van der Waals surface area contributed by atoms with Crippen LogP contribution in [0.25, 0.3) is 21.6 Å². The average Bonchev–Trinajstić information content (AvgIpc) is 3.34. The lowest BCUT2D eigenvalue weighted by Crippen LogP contribution is -2.26. The van der Waals surface area contributed by atoms with E-state index in [0.29, 0.717) is 11.4 Å². The smallest absolute Gasteiger partial charge is 0.199 e. The van der Waals surface area contributed by atoms with Gasteiger partial charge in [0.1, 0.15) is 10.8 Å². The Morgan fingerprint density at radius 1 is 1.17 bits per heavy atom. The van der Waals surface area contributed by atoms with Crippen LogP contribution in [0.4, 0.5) is 0 Å². The van der Waals surface area contributed by atoms with Gasteiger partial charge in [0.25, 0.3) is 0 Å². The molecule has 0 spiro atoms. The van der Waals surface area contributed by atoms with Crippen LogP contribution in [0, 0.1) is 4.77 Å². The molecule has 0 N–H and O–H groups in total. The lowest BCUT2D eigenvalue weighted by Gasteiger charge is -2.22. The second-order valence-corrected chi connectivity index (χ2v) is 8.60. The molecule has 0 aliphatic heterocycles. The zero-order valence-corrected chi connectivity index (χ0v) is 19.2. The van der Waals surface area contributed by atoms with E-state index in [0.717, 1.165) is 34.2 Å². The normalized spacial score (nSPS) is 12.6. The molecule has 0 bridgehead atoms. The molecule has 30 heavy (non-hydrogen) atoms. The largest absolute Gasteiger partial charge is 0.497 e. The van der Waals surface area contributed by atoms with Crippen LogP contribution in [0.15, 0.2) is 48.5 Å². The summed E-state index contributed by atoms with van der Waals surface area (Å²) in [7, 11) is 3.75. The number of para-hydroxylation sites is 1. The fourth-order valence-electron chi connectivity index (χ4n) is 3.36. The van der Waals surface area contributed by atoms with E-state index >= 15 is 0 Å². The quantitative estimate of drug-likeness (QED) is 0.362. The minimum atomic E-state index is 0.153. The first-order chi connectivity index (χ1) is 14.5. The lowest BCUT2D eigenvalue weighted by molar-refractivity contribution is 0.194. The molecule has 0 saturated heterocycles. The molecule has 0 fully saturated rings. The molecule has 0 aliphatic rings. The summed E-state index contributed by atoms with van der Waals surface area (Å²) < 4.78 is 11.1. The van der Waals surface area contributed by atoms with Gasteiger partial charge < -0.3 is 9.30 Å². The van der Waals surface area contributed by atoms with Gasteiger partial charge in [0, 0.05) is 12.1 Å². The maximum atomic E-state index is 5.73. The molecule has 156 valence electrons. The summed E-state index contributed by atoms with van der Waals surface area (Å²) in [6, 6.07) is 16.3. The molecule has 1 atom stereocenters. The molecule has 6 nitrogen and oxygen atoms in total. The molecular weight excluding hydrogens is 414 g/mol. The van der Waals surface area contributed by atoms with Crippen molar-refractivity contribution < 1.29 is 4.74 Å². The number of benzene rings is 2. The van der Waals surface area contributed by atoms with Gasteiger partial charge >= 0.3 is 0 Å². The number of hydrogen-bond donors (Lipinski definition) is 0. The number of nitrogens with zero attached hydrogens (tertiary/aromatic N) is 5. The van der Waals surface area contributed by atoms with Crippen LogP contribution in [0.1, 0.15) is 24.9 Å². The number of ether oxygens (including phenoxy) is 1. The zero-order chi connectivity index (χ0) is 21.3. The maximum Gasteiger partial charge on any atom is 0.199 e. The van der Waals surface area contributed by atoms with Gasteiger partial charge in [0.15, 0.2) is 10.6 Å². The molecule has 0 unspecified atom stereocenters. The Morgan fingerprint density at radius 3 is 2.57 bits per heavy atom. The summed E-state index contributed by atoms with van der Waals surface area (Å²) in [5.41, 5.74) is 2.07. The van der Waals surface area contributed by atoms with E-state index in [2.05, 4.69) is 48.6 Å². The minimum Gasteiger partial charge on any atom is -0.497 e. The van der Waals surface area contributed by atoms with Crippen molar-refractivity contribution in [3.05, 3.63) is 58.3 Å². The molecule has 4 aromatic rings. The Bertz CT molecular complexity index is 1180. The molecule has 0 saturated carbocycles. The zero-order valence-electron chi connectivity index (χ0n) is 17.6. The Balaban J connectivity index is 1.60. The number of fused-ring (bicyclic) bond motifs is 1. The van der Waals surface area contributed by atoms with Crippen molar-refractivity contribution in [1.29, 1.82) is 0 Å². The van der Waals surface area contributed by atoms with E-state index in [-0.39, 0.29) is 6.04 Å². The molecule has 0 radical (unpaired) electrons. The number of methoxy groups -OCH3 is 1. The van der Waals surface area contributed by atoms with Crippen molar-refractivity contribution in [1.82, 2.24) is 24.2 Å². The summed E-state index contributed by atoms with van der Waals surface area (Å²) in [5.74, 6) is 1.69. The summed E-state index contributed by atoms with van der Waals surface area (Å²) in [5, 5.41) is 5.93. The van der Waals surface area contributed by atoms with Crippen LogP contribution in [0.3, 0.4) is 0 Å². The molecule has 4 rings (SSSR count). The fourth-order valence-corrected chi connectivity index (χ4v) is 4.76. The highest BCUT2D eigenvalue weighted by Gasteiger charge is 2.19. The Morgan fingerprint density at radius 2 is 1.90 bits per heavy atom. The van der Waals surface area contributed by atoms with Crippen LogP contribution in [0.2, 0.25) is 0 Å². The Hall–Kier alpha value is -2.55. The Kier molecular flexibility index (Phi) is 5.99. The van der Waals surface area contributed by atoms with Crippen LogP contribution < -0.4 is 4.74 Å². The van der Waals surface area contributed by atoms with Gasteiger partial charge in [0.2, 0.25) is 0 Å². The van der Waals surface area contributed by atoms with Crippen molar-refractivity contribution in [3.63, 3.8) is 0 Å². The van der Waals surface area contributed by atoms with E-state index in [1.54, 1.807) is 18.4 Å². The van der Waals surface area contributed by atoms with Gasteiger partial charge in [-0.2, -0.15) is 5.10 Å². The predicted octanol–water partition coefficient (Wildman–Crippen LogP) is 5.37. The van der Waals surface area contributed by atoms with Crippen molar-refractivity contribution in [2.24, 2.45) is 0 Å². The third-order valence-electron chi connectivity index (χ3n) is 5.27. The van der Waals surface area contributed by atoms with Crippen LogP contribution in [0.5, 0.6) is 5.75 Å². The predicted molar refractivity (Wildman–Crippen MR) is 125 cm³/mol. The standard InChI is InChI=1S/C22H25N5OS2/c1-5-26-20(16-10-12-17(28-4)13-11-16)24-27(22(26)29)14-25(3)15(2)21-23-18-8-6-7-9-19(18)30-21/h6-13,15H,5,14H2,1-4H3/t15-/m0/s1. The second-order valence-electron chi connectivity index (χ2n) is 7.17.